The normalized spacial score (nSPS) is 16.8. The van der Waals surface area contributed by atoms with E-state index in [4.69, 9.17) is 4.74 Å². The maximum absolute atomic E-state index is 11.5. The summed E-state index contributed by atoms with van der Waals surface area (Å²) in [6, 6.07) is 7.56. The molecule has 2 heteroatoms. The molecule has 0 radical (unpaired) electrons. The highest BCUT2D eigenvalue weighted by atomic mass is 16.5. The molecule has 2 rings (SSSR count). The summed E-state index contributed by atoms with van der Waals surface area (Å²) in [5.41, 5.74) is 0.781. The standard InChI is InChI=1S/C15H20O2/c1-2-15(16)12-8-10-14(11-9-12)17-13-6-4-3-5-7-13/h8-11,13H,2-7H2,1H3. The van der Waals surface area contributed by atoms with Crippen LogP contribution in [-0.2, 0) is 0 Å². The van der Waals surface area contributed by atoms with Crippen molar-refractivity contribution in [2.45, 2.75) is 51.6 Å². The van der Waals surface area contributed by atoms with Gasteiger partial charge in [0.05, 0.1) is 6.10 Å². The summed E-state index contributed by atoms with van der Waals surface area (Å²) in [5.74, 6) is 1.08. The molecule has 1 aromatic carbocycles. The number of rotatable bonds is 4. The minimum atomic E-state index is 0.189. The SMILES string of the molecule is CCC(=O)c1ccc(OC2CCCCC2)cc1. The van der Waals surface area contributed by atoms with Gasteiger partial charge in [0, 0.05) is 12.0 Å². The molecule has 0 atom stereocenters. The maximum atomic E-state index is 11.5. The highest BCUT2D eigenvalue weighted by Gasteiger charge is 2.14. The number of carbonyl (C=O) groups excluding carboxylic acids is 1. The fourth-order valence-electron chi connectivity index (χ4n) is 2.30. The van der Waals surface area contributed by atoms with E-state index < -0.39 is 0 Å². The minimum absolute atomic E-state index is 0.189. The monoisotopic (exact) mass is 232 g/mol. The number of hydrogen-bond acceptors (Lipinski definition) is 2. The molecule has 0 aromatic heterocycles. The van der Waals surface area contributed by atoms with Crippen molar-refractivity contribution in [3.8, 4) is 5.75 Å². The molecule has 0 saturated heterocycles. The Morgan fingerprint density at radius 2 is 1.82 bits per heavy atom. The number of benzene rings is 1. The Kier molecular flexibility index (Phi) is 4.18. The van der Waals surface area contributed by atoms with Gasteiger partial charge in [-0.2, -0.15) is 0 Å². The maximum Gasteiger partial charge on any atom is 0.162 e. The van der Waals surface area contributed by atoms with Gasteiger partial charge in [0.25, 0.3) is 0 Å². The van der Waals surface area contributed by atoms with E-state index in [0.29, 0.717) is 12.5 Å². The molecule has 0 amide bonds. The van der Waals surface area contributed by atoms with Crippen molar-refractivity contribution in [3.63, 3.8) is 0 Å². The fourth-order valence-corrected chi connectivity index (χ4v) is 2.30. The third kappa shape index (κ3) is 3.32. The Balaban J connectivity index is 1.95. The molecular weight excluding hydrogens is 212 g/mol. The van der Waals surface area contributed by atoms with Gasteiger partial charge in [0.1, 0.15) is 5.75 Å². The summed E-state index contributed by atoms with van der Waals surface area (Å²) in [7, 11) is 0. The number of carbonyl (C=O) groups is 1. The smallest absolute Gasteiger partial charge is 0.162 e. The lowest BCUT2D eigenvalue weighted by atomic mass is 9.98. The molecular formula is C15H20O2. The van der Waals surface area contributed by atoms with Crippen LogP contribution in [0.5, 0.6) is 5.75 Å². The molecule has 1 fully saturated rings. The van der Waals surface area contributed by atoms with Gasteiger partial charge in [-0.3, -0.25) is 4.79 Å². The average Bonchev–Trinajstić information content (AvgIpc) is 2.40. The Labute approximate surface area is 103 Å². The van der Waals surface area contributed by atoms with E-state index >= 15 is 0 Å². The number of ether oxygens (including phenoxy) is 1. The van der Waals surface area contributed by atoms with Gasteiger partial charge >= 0.3 is 0 Å². The molecule has 1 aliphatic carbocycles. The zero-order chi connectivity index (χ0) is 12.1. The summed E-state index contributed by atoms with van der Waals surface area (Å²) >= 11 is 0. The van der Waals surface area contributed by atoms with Gasteiger partial charge in [-0.1, -0.05) is 13.3 Å². The van der Waals surface area contributed by atoms with Gasteiger partial charge in [0.2, 0.25) is 0 Å². The molecule has 92 valence electrons. The number of ketones is 1. The molecule has 1 aliphatic rings. The van der Waals surface area contributed by atoms with Crippen molar-refractivity contribution in [1.29, 1.82) is 0 Å². The summed E-state index contributed by atoms with van der Waals surface area (Å²) < 4.78 is 5.91. The summed E-state index contributed by atoms with van der Waals surface area (Å²) in [6.07, 6.45) is 7.14. The lowest BCUT2D eigenvalue weighted by Gasteiger charge is -2.23. The van der Waals surface area contributed by atoms with Gasteiger partial charge in [-0.05, 0) is 49.9 Å². The van der Waals surface area contributed by atoms with Crippen molar-refractivity contribution in [2.24, 2.45) is 0 Å². The molecule has 0 spiro atoms. The van der Waals surface area contributed by atoms with Crippen LogP contribution in [0, 0.1) is 0 Å². The summed E-state index contributed by atoms with van der Waals surface area (Å²) in [6.45, 7) is 1.88. The molecule has 2 nitrogen and oxygen atoms in total. The Morgan fingerprint density at radius 1 is 1.18 bits per heavy atom. The second-order valence-corrected chi connectivity index (χ2v) is 4.68. The first-order valence-corrected chi connectivity index (χ1v) is 6.59. The van der Waals surface area contributed by atoms with Gasteiger partial charge in [-0.25, -0.2) is 0 Å². The third-order valence-electron chi connectivity index (χ3n) is 3.35. The van der Waals surface area contributed by atoms with E-state index in [9.17, 15) is 4.79 Å². The molecule has 0 aliphatic heterocycles. The van der Waals surface area contributed by atoms with Crippen molar-refractivity contribution in [1.82, 2.24) is 0 Å². The lowest BCUT2D eigenvalue weighted by molar-refractivity contribution is 0.0988. The van der Waals surface area contributed by atoms with Crippen molar-refractivity contribution < 1.29 is 9.53 Å². The first-order valence-electron chi connectivity index (χ1n) is 6.59. The van der Waals surface area contributed by atoms with Gasteiger partial charge in [0.15, 0.2) is 5.78 Å². The van der Waals surface area contributed by atoms with Crippen LogP contribution in [0.1, 0.15) is 55.8 Å². The highest BCUT2D eigenvalue weighted by Crippen LogP contribution is 2.23. The lowest BCUT2D eigenvalue weighted by Crippen LogP contribution is -2.19. The molecule has 0 unspecified atom stereocenters. The fraction of sp³-hybridized carbons (Fsp3) is 0.533. The van der Waals surface area contributed by atoms with E-state index in [0.717, 1.165) is 24.2 Å². The van der Waals surface area contributed by atoms with Crippen LogP contribution in [0.25, 0.3) is 0 Å². The number of hydrogen-bond donors (Lipinski definition) is 0. The number of Topliss-reactive ketones (excluding diaryl/α,β-unsaturated/α-hetero) is 1. The third-order valence-corrected chi connectivity index (χ3v) is 3.35. The average molecular weight is 232 g/mol. The van der Waals surface area contributed by atoms with Crippen LogP contribution in [0.4, 0.5) is 0 Å². The van der Waals surface area contributed by atoms with E-state index in [-0.39, 0.29) is 5.78 Å². The Hall–Kier alpha value is -1.31. The molecule has 1 saturated carbocycles. The zero-order valence-corrected chi connectivity index (χ0v) is 10.4. The summed E-state index contributed by atoms with van der Waals surface area (Å²) in [5, 5.41) is 0. The minimum Gasteiger partial charge on any atom is -0.490 e. The van der Waals surface area contributed by atoms with Crippen LogP contribution in [0.2, 0.25) is 0 Å². The van der Waals surface area contributed by atoms with Gasteiger partial charge < -0.3 is 4.74 Å². The highest BCUT2D eigenvalue weighted by molar-refractivity contribution is 5.95. The van der Waals surface area contributed by atoms with E-state index in [1.54, 1.807) is 0 Å². The molecule has 17 heavy (non-hydrogen) atoms. The van der Waals surface area contributed by atoms with Crippen molar-refractivity contribution in [2.75, 3.05) is 0 Å². The predicted molar refractivity (Wildman–Crippen MR) is 68.6 cm³/mol. The van der Waals surface area contributed by atoms with Crippen molar-refractivity contribution in [3.05, 3.63) is 29.8 Å². The van der Waals surface area contributed by atoms with Crippen LogP contribution in [-0.4, -0.2) is 11.9 Å². The van der Waals surface area contributed by atoms with Crippen LogP contribution in [0.15, 0.2) is 24.3 Å². The molecule has 0 bridgehead atoms. The second kappa shape index (κ2) is 5.85. The van der Waals surface area contributed by atoms with Gasteiger partial charge in [-0.15, -0.1) is 0 Å². The predicted octanol–water partition coefficient (Wildman–Crippen LogP) is 3.99. The topological polar surface area (TPSA) is 26.3 Å². The molecule has 0 heterocycles. The Bertz CT molecular complexity index is 361. The zero-order valence-electron chi connectivity index (χ0n) is 10.4. The second-order valence-electron chi connectivity index (χ2n) is 4.68. The quantitative estimate of drug-likeness (QED) is 0.734. The van der Waals surface area contributed by atoms with E-state index in [1.165, 1.54) is 19.3 Å². The van der Waals surface area contributed by atoms with E-state index in [2.05, 4.69) is 0 Å². The van der Waals surface area contributed by atoms with Crippen LogP contribution < -0.4 is 4.74 Å². The Morgan fingerprint density at radius 3 is 2.41 bits per heavy atom. The first kappa shape index (κ1) is 12.2. The van der Waals surface area contributed by atoms with Crippen LogP contribution >= 0.6 is 0 Å². The van der Waals surface area contributed by atoms with Crippen LogP contribution in [0.3, 0.4) is 0 Å². The van der Waals surface area contributed by atoms with E-state index in [1.807, 2.05) is 31.2 Å². The summed E-state index contributed by atoms with van der Waals surface area (Å²) in [4.78, 5) is 11.5. The molecule has 0 N–H and O–H groups in total. The molecule has 1 aromatic rings. The largest absolute Gasteiger partial charge is 0.490 e. The first-order chi connectivity index (χ1) is 8.29. The van der Waals surface area contributed by atoms with Crippen molar-refractivity contribution >= 4 is 5.78 Å².